The summed E-state index contributed by atoms with van der Waals surface area (Å²) < 4.78 is 123. The number of Topliss-reactive ketones (excluding diaryl/α,β-unsaturated/α-hetero) is 2. The summed E-state index contributed by atoms with van der Waals surface area (Å²) in [7, 11) is 0. The molecule has 14 nitrogen and oxygen atoms in total. The molecular formula is C40H29F9LiN7O7. The second-order valence-corrected chi connectivity index (χ2v) is 15.1. The SMILES string of the molecule is NC(=O)c1cc(-c2cccnc2[C@H](Cc2cc(F)cc(F)c2)NC(=O)Cn2nc(C(F)(F)F)c3c2C(=O)C2CC32)ccc1F.O=C(O)Cn1nc(C(F)(F)F)c2c1C(=O)C1CC21.[Li+].[OH-]. The Labute approximate surface area is 365 Å². The topological polar surface area (TPSA) is 222 Å². The number of nitrogens with one attached hydrogen (secondary N) is 1. The molecule has 4 aliphatic carbocycles. The van der Waals surface area contributed by atoms with E-state index in [0.29, 0.717) is 29.2 Å². The number of aromatic nitrogens is 5. The van der Waals surface area contributed by atoms with Crippen LogP contribution in [0.15, 0.2) is 54.7 Å². The minimum absolute atomic E-state index is 0. The fraction of sp³-hybridized carbons (Fsp3) is 0.300. The number of hydrogen-bond donors (Lipinski definition) is 3. The summed E-state index contributed by atoms with van der Waals surface area (Å²) in [6.45, 7) is -1.49. The van der Waals surface area contributed by atoms with Gasteiger partial charge >= 0.3 is 37.2 Å². The van der Waals surface area contributed by atoms with Crippen LogP contribution in [0.3, 0.4) is 0 Å². The van der Waals surface area contributed by atoms with Crippen molar-refractivity contribution >= 4 is 29.4 Å². The van der Waals surface area contributed by atoms with Crippen LogP contribution in [-0.2, 0) is 41.5 Å². The number of amides is 2. The first-order chi connectivity index (χ1) is 29.1. The number of carboxylic acids is 1. The van der Waals surface area contributed by atoms with Crippen molar-refractivity contribution in [3.05, 3.63) is 123 Å². The summed E-state index contributed by atoms with van der Waals surface area (Å²) in [5.74, 6) is -8.79. The third kappa shape index (κ3) is 8.79. The van der Waals surface area contributed by atoms with Crippen molar-refractivity contribution in [1.82, 2.24) is 29.9 Å². The van der Waals surface area contributed by atoms with Gasteiger partial charge in [0.1, 0.15) is 41.9 Å². The summed E-state index contributed by atoms with van der Waals surface area (Å²) in [6, 6.07) is 8.20. The second-order valence-electron chi connectivity index (χ2n) is 15.1. The number of aliphatic carboxylic acids is 1. The molecule has 0 saturated heterocycles. The molecule has 330 valence electrons. The van der Waals surface area contributed by atoms with Gasteiger partial charge in [0.05, 0.1) is 17.3 Å². The third-order valence-corrected chi connectivity index (χ3v) is 11.0. The van der Waals surface area contributed by atoms with Gasteiger partial charge in [0.25, 0.3) is 5.91 Å². The van der Waals surface area contributed by atoms with Crippen molar-refractivity contribution in [2.24, 2.45) is 17.6 Å². The molecule has 3 heterocycles. The maximum atomic E-state index is 14.2. The zero-order valence-corrected chi connectivity index (χ0v) is 32.8. The molecule has 2 fully saturated rings. The number of nitrogens with two attached hydrogens (primary N) is 1. The van der Waals surface area contributed by atoms with Gasteiger partial charge in [0.2, 0.25) is 5.91 Å². The van der Waals surface area contributed by atoms with E-state index in [0.717, 1.165) is 22.9 Å². The van der Waals surface area contributed by atoms with Crippen LogP contribution in [0.4, 0.5) is 39.5 Å². The molecule has 2 saturated carbocycles. The molecule has 0 aliphatic heterocycles. The molecule has 5 N–H and O–H groups in total. The van der Waals surface area contributed by atoms with Crippen LogP contribution in [0.25, 0.3) is 11.1 Å². The predicted molar refractivity (Wildman–Crippen MR) is 193 cm³/mol. The molecular weight excluding hydrogens is 868 g/mol. The fourth-order valence-electron chi connectivity index (χ4n) is 8.29. The molecule has 64 heavy (non-hydrogen) atoms. The van der Waals surface area contributed by atoms with Crippen molar-refractivity contribution in [2.75, 3.05) is 0 Å². The Balaban J connectivity index is 0.000000284. The molecule has 0 radical (unpaired) electrons. The largest absolute Gasteiger partial charge is 1.00 e. The molecule has 4 aliphatic rings. The Morgan fingerprint density at radius 2 is 1.33 bits per heavy atom. The minimum Gasteiger partial charge on any atom is -0.870 e. The average Bonchev–Trinajstić information content (AvgIpc) is 4.01. The Bertz CT molecular complexity index is 2730. The molecule has 0 bridgehead atoms. The average molecular weight is 898 g/mol. The van der Waals surface area contributed by atoms with E-state index in [1.807, 2.05) is 0 Å². The van der Waals surface area contributed by atoms with Crippen LogP contribution < -0.4 is 29.9 Å². The van der Waals surface area contributed by atoms with Gasteiger partial charge in [-0.1, -0.05) is 12.1 Å². The van der Waals surface area contributed by atoms with E-state index in [1.54, 1.807) is 6.07 Å². The summed E-state index contributed by atoms with van der Waals surface area (Å²) in [5, 5.41) is 18.1. The number of alkyl halides is 6. The summed E-state index contributed by atoms with van der Waals surface area (Å²) in [6.07, 6.45) is -7.66. The van der Waals surface area contributed by atoms with E-state index in [4.69, 9.17) is 10.8 Å². The van der Waals surface area contributed by atoms with E-state index in [9.17, 15) is 63.5 Å². The van der Waals surface area contributed by atoms with E-state index >= 15 is 0 Å². The van der Waals surface area contributed by atoms with E-state index in [1.165, 1.54) is 24.4 Å². The van der Waals surface area contributed by atoms with Crippen LogP contribution in [0.1, 0.15) is 95.8 Å². The number of fused-ring (bicyclic) bond motifs is 6. The molecule has 24 heteroatoms. The fourth-order valence-corrected chi connectivity index (χ4v) is 8.29. The molecule has 2 aromatic carbocycles. The van der Waals surface area contributed by atoms with Crippen LogP contribution in [0.5, 0.6) is 0 Å². The van der Waals surface area contributed by atoms with E-state index in [-0.39, 0.29) is 70.1 Å². The molecule has 0 spiro atoms. The predicted octanol–water partition coefficient (Wildman–Crippen LogP) is 2.99. The summed E-state index contributed by atoms with van der Waals surface area (Å²) in [5.41, 5.74) is 2.61. The van der Waals surface area contributed by atoms with Crippen LogP contribution in [0.2, 0.25) is 0 Å². The Hall–Kier alpha value is -6.31. The number of carboxylic acid groups (broad SMARTS) is 1. The van der Waals surface area contributed by atoms with Crippen molar-refractivity contribution in [2.45, 2.75) is 62.6 Å². The Kier molecular flexibility index (Phi) is 12.5. The molecule has 5 atom stereocenters. The van der Waals surface area contributed by atoms with Crippen molar-refractivity contribution in [1.29, 1.82) is 0 Å². The number of ketones is 2. The first-order valence-electron chi connectivity index (χ1n) is 18.6. The number of rotatable bonds is 10. The zero-order valence-electron chi connectivity index (χ0n) is 32.8. The monoisotopic (exact) mass is 897 g/mol. The minimum atomic E-state index is -4.84. The van der Waals surface area contributed by atoms with Crippen molar-refractivity contribution in [3.63, 3.8) is 0 Å². The smallest absolute Gasteiger partial charge is 0.870 e. The third-order valence-electron chi connectivity index (χ3n) is 11.0. The molecule has 5 aromatic rings. The number of halogens is 9. The first kappa shape index (κ1) is 47.2. The van der Waals surface area contributed by atoms with E-state index < -0.39 is 119 Å². The van der Waals surface area contributed by atoms with Gasteiger partial charge in [-0.3, -0.25) is 33.6 Å². The van der Waals surface area contributed by atoms with Gasteiger partial charge in [0.15, 0.2) is 23.0 Å². The molecule has 4 unspecified atom stereocenters. The van der Waals surface area contributed by atoms with Crippen LogP contribution >= 0.6 is 0 Å². The Morgan fingerprint density at radius 1 is 0.797 bits per heavy atom. The maximum Gasteiger partial charge on any atom is 1.00 e. The van der Waals surface area contributed by atoms with Gasteiger partial charge in [0, 0.05) is 40.8 Å². The number of nitrogens with zero attached hydrogens (tertiary/aromatic N) is 5. The second kappa shape index (κ2) is 17.0. The van der Waals surface area contributed by atoms with Crippen LogP contribution in [-0.4, -0.2) is 64.5 Å². The first-order valence-corrected chi connectivity index (χ1v) is 18.6. The standard InChI is InChI=1S/C30H21F6N5O3.C10H7F3N2O3.Li.H2O/c31-15-6-13(7-16(32)10-15)8-22(25-17(2-1-5-38-25)14-3-4-21(33)20(9-14)29(37)44)39-23(42)12-41-26-24(18-11-19(18)27(26)43)28(40-41)30(34,35)36;11-10(12,13)9-6-3-1-4(3)8(18)7(6)15(14-9)2-5(16)17;;/h1-7,9-10,18-19,22H,8,11-12H2,(H2,37,44)(H,39,42);3-4H,1-2H2,(H,16,17);;1H2/q;;+1;/p-1/t18?,19?,22-;;;/m0.../s1. The van der Waals surface area contributed by atoms with Gasteiger partial charge in [-0.25, -0.2) is 17.9 Å². The molecule has 9 rings (SSSR count). The Morgan fingerprint density at radius 3 is 1.83 bits per heavy atom. The summed E-state index contributed by atoms with van der Waals surface area (Å²) >= 11 is 0. The van der Waals surface area contributed by atoms with Crippen molar-refractivity contribution < 1.29 is 92.9 Å². The van der Waals surface area contributed by atoms with Crippen LogP contribution in [0, 0.1) is 29.3 Å². The van der Waals surface area contributed by atoms with Crippen molar-refractivity contribution in [3.8, 4) is 11.1 Å². The van der Waals surface area contributed by atoms with E-state index in [2.05, 4.69) is 20.5 Å². The molecule has 3 aromatic heterocycles. The quantitative estimate of drug-likeness (QED) is 0.137. The molecule has 2 amide bonds. The maximum absolute atomic E-state index is 14.2. The number of benzene rings is 2. The number of carbonyl (C=O) groups excluding carboxylic acids is 4. The number of pyridine rings is 1. The summed E-state index contributed by atoms with van der Waals surface area (Å²) in [4.78, 5) is 64.5. The van der Waals surface area contributed by atoms with Gasteiger partial charge in [-0.15, -0.1) is 0 Å². The van der Waals surface area contributed by atoms with Gasteiger partial charge in [-0.05, 0) is 72.6 Å². The normalized spacial score (nSPS) is 19.1. The number of primary amides is 1. The van der Waals surface area contributed by atoms with Gasteiger partial charge in [-0.2, -0.15) is 36.5 Å². The zero-order chi connectivity index (χ0) is 44.7. The van der Waals surface area contributed by atoms with Gasteiger partial charge < -0.3 is 21.6 Å². The number of carbonyl (C=O) groups is 5. The number of hydrogen-bond acceptors (Lipinski definition) is 9.